The number of hydrogen-bond donors (Lipinski definition) is 1. The van der Waals surface area contributed by atoms with Crippen molar-refractivity contribution in [2.75, 3.05) is 66.1 Å². The molecule has 0 radical (unpaired) electrons. The van der Waals surface area contributed by atoms with Gasteiger partial charge in [0, 0.05) is 64.5 Å². The molecule has 2 fully saturated rings. The molecule has 0 spiro atoms. The van der Waals surface area contributed by atoms with Crippen LogP contribution in [-0.2, 0) is 22.1 Å². The largest absolute Gasteiger partial charge is 0.506 e. The van der Waals surface area contributed by atoms with Gasteiger partial charge in [0.2, 0.25) is 0 Å². The highest BCUT2D eigenvalue weighted by molar-refractivity contribution is 6.32. The van der Waals surface area contributed by atoms with Gasteiger partial charge in [-0.05, 0) is 54.8 Å². The number of aryl methyl sites for hydroxylation is 1. The Hall–Kier alpha value is -1.79. The van der Waals surface area contributed by atoms with Gasteiger partial charge < -0.3 is 19.5 Å². The zero-order valence-electron chi connectivity index (χ0n) is 23.0. The van der Waals surface area contributed by atoms with E-state index in [1.807, 2.05) is 0 Å². The number of hydrogen-bond acceptors (Lipinski definition) is 6. The SMILES string of the molecule is COC[C@@H]1CN(CCN2CCN(C(=O)c3cc(C)cc(C(F)(F)F)c3)[C@H](Cc3ccc(Cl)c(O)c3)C2)CCO1.Cl.Cl. The Bertz CT molecular complexity index is 1160. The Kier molecular flexibility index (Phi) is 13.5. The van der Waals surface area contributed by atoms with Crippen LogP contribution in [0.1, 0.15) is 27.0 Å². The van der Waals surface area contributed by atoms with E-state index in [-0.39, 0.29) is 53.3 Å². The van der Waals surface area contributed by atoms with Crippen LogP contribution < -0.4 is 0 Å². The molecule has 230 valence electrons. The average molecular weight is 643 g/mol. The zero-order valence-corrected chi connectivity index (χ0v) is 25.4. The van der Waals surface area contributed by atoms with Gasteiger partial charge in [0.05, 0.1) is 29.9 Å². The number of nitrogens with zero attached hydrogens (tertiary/aromatic N) is 3. The number of rotatable bonds is 8. The van der Waals surface area contributed by atoms with Crippen molar-refractivity contribution in [3.05, 3.63) is 63.7 Å². The minimum atomic E-state index is -4.54. The molecule has 2 heterocycles. The van der Waals surface area contributed by atoms with E-state index in [1.54, 1.807) is 37.1 Å². The second kappa shape index (κ2) is 15.6. The van der Waals surface area contributed by atoms with Gasteiger partial charge in [-0.25, -0.2) is 0 Å². The number of phenols is 1. The van der Waals surface area contributed by atoms with Crippen LogP contribution in [0.5, 0.6) is 5.75 Å². The predicted octanol–water partition coefficient (Wildman–Crippen LogP) is 4.93. The van der Waals surface area contributed by atoms with E-state index in [0.717, 1.165) is 43.9 Å². The third-order valence-corrected chi connectivity index (χ3v) is 7.59. The van der Waals surface area contributed by atoms with Crippen LogP contribution in [0.15, 0.2) is 36.4 Å². The first-order valence-corrected chi connectivity index (χ1v) is 13.4. The second-order valence-corrected chi connectivity index (χ2v) is 10.7. The Labute approximate surface area is 256 Å². The lowest BCUT2D eigenvalue weighted by molar-refractivity contribution is -0.137. The van der Waals surface area contributed by atoms with Crippen molar-refractivity contribution in [2.24, 2.45) is 0 Å². The zero-order chi connectivity index (χ0) is 28.2. The second-order valence-electron chi connectivity index (χ2n) is 10.3. The summed E-state index contributed by atoms with van der Waals surface area (Å²) in [5.74, 6) is -0.478. The number of methoxy groups -OCH3 is 1. The highest BCUT2D eigenvalue weighted by atomic mass is 35.5. The lowest BCUT2D eigenvalue weighted by Crippen LogP contribution is -2.57. The molecular formula is C28H37Cl3F3N3O4. The van der Waals surface area contributed by atoms with Gasteiger partial charge in [0.15, 0.2) is 0 Å². The van der Waals surface area contributed by atoms with Gasteiger partial charge in [0.1, 0.15) is 5.75 Å². The number of alkyl halides is 3. The molecule has 2 aliphatic rings. The van der Waals surface area contributed by atoms with Gasteiger partial charge in [-0.15, -0.1) is 24.8 Å². The van der Waals surface area contributed by atoms with Crippen molar-refractivity contribution in [2.45, 2.75) is 31.7 Å². The van der Waals surface area contributed by atoms with Gasteiger partial charge in [-0.1, -0.05) is 17.7 Å². The molecule has 2 atom stereocenters. The maximum absolute atomic E-state index is 13.6. The summed E-state index contributed by atoms with van der Waals surface area (Å²) >= 11 is 5.98. The van der Waals surface area contributed by atoms with Gasteiger partial charge in [-0.2, -0.15) is 13.2 Å². The van der Waals surface area contributed by atoms with Crippen LogP contribution >= 0.6 is 36.4 Å². The number of amides is 1. The first-order chi connectivity index (χ1) is 18.5. The molecule has 2 aromatic rings. The predicted molar refractivity (Wildman–Crippen MR) is 157 cm³/mol. The van der Waals surface area contributed by atoms with Crippen molar-refractivity contribution >= 4 is 42.3 Å². The number of phenolic OH excluding ortho intramolecular Hbond substituents is 1. The molecule has 0 aliphatic carbocycles. The molecule has 2 aromatic carbocycles. The number of piperazine rings is 1. The molecule has 0 saturated carbocycles. The fourth-order valence-electron chi connectivity index (χ4n) is 5.31. The Morgan fingerprint density at radius 1 is 1.07 bits per heavy atom. The van der Waals surface area contributed by atoms with Crippen molar-refractivity contribution < 1.29 is 32.5 Å². The molecule has 13 heteroatoms. The molecule has 41 heavy (non-hydrogen) atoms. The monoisotopic (exact) mass is 641 g/mol. The summed E-state index contributed by atoms with van der Waals surface area (Å²) < 4.78 is 51.3. The van der Waals surface area contributed by atoms with Crippen molar-refractivity contribution in [3.8, 4) is 5.75 Å². The molecule has 1 amide bonds. The highest BCUT2D eigenvalue weighted by Gasteiger charge is 2.35. The van der Waals surface area contributed by atoms with Crippen LogP contribution in [-0.4, -0.2) is 104 Å². The molecule has 2 aliphatic heterocycles. The van der Waals surface area contributed by atoms with E-state index >= 15 is 0 Å². The smallest absolute Gasteiger partial charge is 0.416 e. The summed E-state index contributed by atoms with van der Waals surface area (Å²) in [6.07, 6.45) is -4.07. The highest BCUT2D eigenvalue weighted by Crippen LogP contribution is 2.32. The number of ether oxygens (including phenoxy) is 2. The standard InChI is InChI=1S/C28H35ClF3N3O4.2ClH/c1-19-11-21(15-22(12-19)28(30,31)32)27(37)35-8-7-33(5-6-34-9-10-39-24(17-34)18-38-2)16-23(35)13-20-3-4-25(29)26(36)14-20;;/h3-4,11-12,14-15,23-24,36H,5-10,13,16-18H2,1-2H3;2*1H/t23-,24+;;/m1../s1. The van der Waals surface area contributed by atoms with E-state index < -0.39 is 17.6 Å². The van der Waals surface area contributed by atoms with Gasteiger partial charge >= 0.3 is 6.18 Å². The fraction of sp³-hybridized carbons (Fsp3) is 0.536. The van der Waals surface area contributed by atoms with Crippen LogP contribution in [0.3, 0.4) is 0 Å². The third kappa shape index (κ3) is 9.61. The summed E-state index contributed by atoms with van der Waals surface area (Å²) in [7, 11) is 1.66. The van der Waals surface area contributed by atoms with Crippen LogP contribution in [0.2, 0.25) is 5.02 Å². The number of halogens is 6. The van der Waals surface area contributed by atoms with Gasteiger partial charge in [0.25, 0.3) is 5.91 Å². The summed E-state index contributed by atoms with van der Waals surface area (Å²) in [4.78, 5) is 19.9. The van der Waals surface area contributed by atoms with Gasteiger partial charge in [-0.3, -0.25) is 14.6 Å². The van der Waals surface area contributed by atoms with Crippen molar-refractivity contribution in [3.63, 3.8) is 0 Å². The fourth-order valence-corrected chi connectivity index (χ4v) is 5.43. The number of benzene rings is 2. The Balaban J connectivity index is 0.00000294. The number of carbonyl (C=O) groups excluding carboxylic acids is 1. The molecular weight excluding hydrogens is 606 g/mol. The minimum absolute atomic E-state index is 0. The Morgan fingerprint density at radius 3 is 2.44 bits per heavy atom. The maximum atomic E-state index is 13.6. The topological polar surface area (TPSA) is 65.5 Å². The third-order valence-electron chi connectivity index (χ3n) is 7.27. The number of morpholine rings is 1. The molecule has 0 aromatic heterocycles. The maximum Gasteiger partial charge on any atom is 0.416 e. The molecule has 7 nitrogen and oxygen atoms in total. The van der Waals surface area contributed by atoms with Crippen LogP contribution in [0, 0.1) is 6.92 Å². The van der Waals surface area contributed by atoms with Crippen LogP contribution in [0.25, 0.3) is 0 Å². The van der Waals surface area contributed by atoms with E-state index in [4.69, 9.17) is 21.1 Å². The average Bonchev–Trinajstić information content (AvgIpc) is 2.89. The van der Waals surface area contributed by atoms with E-state index in [0.29, 0.717) is 44.8 Å². The number of aromatic hydroxyl groups is 1. The lowest BCUT2D eigenvalue weighted by atomic mass is 9.99. The lowest BCUT2D eigenvalue weighted by Gasteiger charge is -2.43. The molecule has 0 unspecified atom stereocenters. The summed E-state index contributed by atoms with van der Waals surface area (Å²) in [6, 6.07) is 8.15. The first kappa shape index (κ1) is 35.4. The summed E-state index contributed by atoms with van der Waals surface area (Å²) in [5.41, 5.74) is 0.360. The summed E-state index contributed by atoms with van der Waals surface area (Å²) in [5, 5.41) is 10.3. The molecule has 2 saturated heterocycles. The quantitative estimate of drug-likeness (QED) is 0.441. The number of carbonyl (C=O) groups is 1. The normalized spacial score (nSPS) is 20.3. The van der Waals surface area contributed by atoms with E-state index in [2.05, 4.69) is 9.80 Å². The molecule has 0 bridgehead atoms. The minimum Gasteiger partial charge on any atom is -0.506 e. The Morgan fingerprint density at radius 2 is 1.78 bits per heavy atom. The van der Waals surface area contributed by atoms with Crippen molar-refractivity contribution in [1.29, 1.82) is 0 Å². The molecule has 4 rings (SSSR count). The van der Waals surface area contributed by atoms with E-state index in [1.165, 1.54) is 6.07 Å². The first-order valence-electron chi connectivity index (χ1n) is 13.1. The van der Waals surface area contributed by atoms with E-state index in [9.17, 15) is 23.1 Å². The van der Waals surface area contributed by atoms with Crippen LogP contribution in [0.4, 0.5) is 13.2 Å². The summed E-state index contributed by atoms with van der Waals surface area (Å²) in [6.45, 7) is 7.53. The van der Waals surface area contributed by atoms with Crippen molar-refractivity contribution in [1.82, 2.24) is 14.7 Å². The molecule has 1 N–H and O–H groups in total.